The van der Waals surface area contributed by atoms with Gasteiger partial charge >= 0.3 is 5.97 Å². The molecule has 0 saturated heterocycles. The van der Waals surface area contributed by atoms with Crippen LogP contribution < -0.4 is 5.73 Å². The lowest BCUT2D eigenvalue weighted by molar-refractivity contribution is -0.140. The second-order valence-electron chi connectivity index (χ2n) is 4.13. The summed E-state index contributed by atoms with van der Waals surface area (Å²) in [4.78, 5) is 22.4. The van der Waals surface area contributed by atoms with Gasteiger partial charge in [-0.25, -0.2) is 0 Å². The lowest BCUT2D eigenvalue weighted by Gasteiger charge is -2.02. The molecule has 0 saturated carbocycles. The number of aromatic nitrogens is 2. The van der Waals surface area contributed by atoms with Crippen molar-refractivity contribution >= 4 is 22.8 Å². The molecule has 19 heavy (non-hydrogen) atoms. The highest BCUT2D eigenvalue weighted by molar-refractivity contribution is 6.04. The number of nitrogens with two attached hydrogens (primary N) is 1. The van der Waals surface area contributed by atoms with E-state index in [1.54, 1.807) is 10.7 Å². The first kappa shape index (κ1) is 13.1. The topological polar surface area (TPSA) is 87.2 Å². The predicted molar refractivity (Wildman–Crippen MR) is 69.5 cm³/mol. The number of methoxy groups -OCH3 is 1. The summed E-state index contributed by atoms with van der Waals surface area (Å²) in [7, 11) is 1.36. The molecule has 1 aromatic heterocycles. The lowest BCUT2D eigenvalue weighted by atomic mass is 10.2. The molecular formula is C13H15N3O3. The number of benzene rings is 1. The van der Waals surface area contributed by atoms with Crippen molar-refractivity contribution < 1.29 is 14.3 Å². The van der Waals surface area contributed by atoms with E-state index in [1.807, 2.05) is 18.2 Å². The molecule has 0 aliphatic heterocycles. The Kier molecular flexibility index (Phi) is 3.79. The van der Waals surface area contributed by atoms with Gasteiger partial charge in [-0.1, -0.05) is 18.2 Å². The Morgan fingerprint density at radius 3 is 2.79 bits per heavy atom. The van der Waals surface area contributed by atoms with Gasteiger partial charge in [0.15, 0.2) is 5.69 Å². The van der Waals surface area contributed by atoms with Gasteiger partial charge in [-0.15, -0.1) is 0 Å². The van der Waals surface area contributed by atoms with Crippen molar-refractivity contribution in [3.05, 3.63) is 30.0 Å². The summed E-state index contributed by atoms with van der Waals surface area (Å²) in [5.74, 6) is -0.811. The number of fused-ring (bicyclic) bond motifs is 1. The Bertz CT molecular complexity index is 619. The minimum absolute atomic E-state index is 0.258. The van der Waals surface area contributed by atoms with Crippen LogP contribution in [0.3, 0.4) is 0 Å². The van der Waals surface area contributed by atoms with Gasteiger partial charge in [-0.05, 0) is 12.5 Å². The van der Waals surface area contributed by atoms with Gasteiger partial charge in [0, 0.05) is 18.4 Å². The van der Waals surface area contributed by atoms with Gasteiger partial charge in [-0.2, -0.15) is 5.10 Å². The molecule has 0 aliphatic carbocycles. The number of hydrogen-bond donors (Lipinski definition) is 1. The highest BCUT2D eigenvalue weighted by Crippen LogP contribution is 2.18. The van der Waals surface area contributed by atoms with E-state index in [9.17, 15) is 9.59 Å². The Morgan fingerprint density at radius 2 is 2.11 bits per heavy atom. The highest BCUT2D eigenvalue weighted by Gasteiger charge is 2.14. The normalized spacial score (nSPS) is 10.6. The first-order chi connectivity index (χ1) is 9.13. The van der Waals surface area contributed by atoms with E-state index in [1.165, 1.54) is 7.11 Å². The number of carbonyl (C=O) groups is 2. The fourth-order valence-electron chi connectivity index (χ4n) is 1.96. The molecule has 1 amide bonds. The minimum atomic E-state index is -0.553. The molecule has 0 atom stereocenters. The number of aryl methyl sites for hydroxylation is 1. The van der Waals surface area contributed by atoms with Crippen molar-refractivity contribution in [3.63, 3.8) is 0 Å². The first-order valence-electron chi connectivity index (χ1n) is 5.95. The van der Waals surface area contributed by atoms with E-state index < -0.39 is 5.91 Å². The molecule has 1 heterocycles. The van der Waals surface area contributed by atoms with Crippen LogP contribution in [0.1, 0.15) is 23.3 Å². The Balaban J connectivity index is 2.23. The molecule has 0 fully saturated rings. The molecule has 6 nitrogen and oxygen atoms in total. The molecule has 1 aromatic carbocycles. The molecule has 6 heteroatoms. The zero-order chi connectivity index (χ0) is 13.8. The number of carbonyl (C=O) groups excluding carboxylic acids is 2. The highest BCUT2D eigenvalue weighted by atomic mass is 16.5. The van der Waals surface area contributed by atoms with Gasteiger partial charge in [0.1, 0.15) is 0 Å². The average molecular weight is 261 g/mol. The van der Waals surface area contributed by atoms with Crippen LogP contribution in [0.5, 0.6) is 0 Å². The predicted octanol–water partition coefficient (Wildman–Crippen LogP) is 1.09. The quantitative estimate of drug-likeness (QED) is 0.816. The Hall–Kier alpha value is -2.37. The minimum Gasteiger partial charge on any atom is -0.469 e. The first-order valence-corrected chi connectivity index (χ1v) is 5.95. The zero-order valence-electron chi connectivity index (χ0n) is 10.6. The number of hydrogen-bond acceptors (Lipinski definition) is 4. The summed E-state index contributed by atoms with van der Waals surface area (Å²) in [6, 6.07) is 7.37. The summed E-state index contributed by atoms with van der Waals surface area (Å²) >= 11 is 0. The fraction of sp³-hybridized carbons (Fsp3) is 0.308. The number of esters is 1. The second kappa shape index (κ2) is 5.51. The summed E-state index contributed by atoms with van der Waals surface area (Å²) in [6.45, 7) is 0.531. The van der Waals surface area contributed by atoms with E-state index in [-0.39, 0.29) is 11.7 Å². The van der Waals surface area contributed by atoms with Gasteiger partial charge < -0.3 is 10.5 Å². The molecule has 0 unspecified atom stereocenters. The van der Waals surface area contributed by atoms with Crippen LogP contribution in [0, 0.1) is 0 Å². The third-order valence-electron chi connectivity index (χ3n) is 2.87. The van der Waals surface area contributed by atoms with Gasteiger partial charge in [0.25, 0.3) is 5.91 Å². The van der Waals surface area contributed by atoms with Crippen molar-refractivity contribution in [3.8, 4) is 0 Å². The van der Waals surface area contributed by atoms with E-state index in [4.69, 9.17) is 5.73 Å². The largest absolute Gasteiger partial charge is 0.469 e. The van der Waals surface area contributed by atoms with Crippen molar-refractivity contribution in [2.24, 2.45) is 5.73 Å². The van der Waals surface area contributed by atoms with E-state index in [0.717, 1.165) is 10.9 Å². The Labute approximate surface area is 110 Å². The molecular weight excluding hydrogens is 246 g/mol. The SMILES string of the molecule is COC(=O)CCCn1nc(C(N)=O)c2ccccc21. The van der Waals surface area contributed by atoms with Crippen molar-refractivity contribution in [2.45, 2.75) is 19.4 Å². The fourth-order valence-corrected chi connectivity index (χ4v) is 1.96. The molecule has 2 aromatic rings. The van der Waals surface area contributed by atoms with Crippen LogP contribution in [-0.4, -0.2) is 28.8 Å². The van der Waals surface area contributed by atoms with Crippen LogP contribution in [0.4, 0.5) is 0 Å². The van der Waals surface area contributed by atoms with Crippen LogP contribution >= 0.6 is 0 Å². The average Bonchev–Trinajstić information content (AvgIpc) is 2.78. The maximum Gasteiger partial charge on any atom is 0.305 e. The van der Waals surface area contributed by atoms with E-state index in [2.05, 4.69) is 9.84 Å². The smallest absolute Gasteiger partial charge is 0.305 e. The molecule has 0 radical (unpaired) electrons. The van der Waals surface area contributed by atoms with Crippen LogP contribution in [0.15, 0.2) is 24.3 Å². The van der Waals surface area contributed by atoms with Gasteiger partial charge in [0.05, 0.1) is 12.6 Å². The molecule has 100 valence electrons. The van der Waals surface area contributed by atoms with Crippen LogP contribution in [0.25, 0.3) is 10.9 Å². The van der Waals surface area contributed by atoms with Gasteiger partial charge in [0.2, 0.25) is 0 Å². The van der Waals surface area contributed by atoms with E-state index >= 15 is 0 Å². The number of ether oxygens (including phenoxy) is 1. The summed E-state index contributed by atoms with van der Waals surface area (Å²) in [5, 5.41) is 4.93. The number of amides is 1. The van der Waals surface area contributed by atoms with Crippen molar-refractivity contribution in [1.29, 1.82) is 0 Å². The van der Waals surface area contributed by atoms with Crippen molar-refractivity contribution in [2.75, 3.05) is 7.11 Å². The zero-order valence-corrected chi connectivity index (χ0v) is 10.6. The maximum absolute atomic E-state index is 11.3. The second-order valence-corrected chi connectivity index (χ2v) is 4.13. The molecule has 0 aliphatic rings. The monoisotopic (exact) mass is 261 g/mol. The molecule has 2 N–H and O–H groups in total. The standard InChI is InChI=1S/C13H15N3O3/c1-19-11(17)7-4-8-16-10-6-3-2-5-9(10)12(15-16)13(14)18/h2-3,5-6H,4,7-8H2,1H3,(H2,14,18). The number of para-hydroxylation sites is 1. The third-order valence-corrected chi connectivity index (χ3v) is 2.87. The number of nitrogens with zero attached hydrogens (tertiary/aromatic N) is 2. The molecule has 0 spiro atoms. The summed E-state index contributed by atoms with van der Waals surface area (Å²) < 4.78 is 6.27. The number of primary amides is 1. The summed E-state index contributed by atoms with van der Waals surface area (Å²) in [6.07, 6.45) is 0.910. The van der Waals surface area contributed by atoms with Gasteiger partial charge in [-0.3, -0.25) is 14.3 Å². The van der Waals surface area contributed by atoms with E-state index in [0.29, 0.717) is 19.4 Å². The maximum atomic E-state index is 11.3. The number of rotatable bonds is 5. The van der Waals surface area contributed by atoms with Crippen molar-refractivity contribution in [1.82, 2.24) is 9.78 Å². The Morgan fingerprint density at radius 1 is 1.37 bits per heavy atom. The van der Waals surface area contributed by atoms with Crippen LogP contribution in [0.2, 0.25) is 0 Å². The third kappa shape index (κ3) is 2.73. The summed E-state index contributed by atoms with van der Waals surface area (Å²) in [5.41, 5.74) is 6.40. The molecule has 0 bridgehead atoms. The lowest BCUT2D eigenvalue weighted by Crippen LogP contribution is -2.13. The molecule has 2 rings (SSSR count). The van der Waals surface area contributed by atoms with Crippen LogP contribution in [-0.2, 0) is 16.1 Å².